The molecule has 1 aromatic heterocycles. The zero-order chi connectivity index (χ0) is 19.6. The van der Waals surface area contributed by atoms with Gasteiger partial charge in [0.15, 0.2) is 0 Å². The lowest BCUT2D eigenvalue weighted by Crippen LogP contribution is -2.06. The SMILES string of the molecule is Cc1cc(Nc2c(F)cccc2F)nc(Nc2ccc(C(F)(F)F)cc2)n1. The number of halogens is 5. The van der Waals surface area contributed by atoms with Crippen molar-refractivity contribution in [2.24, 2.45) is 0 Å². The first-order chi connectivity index (χ1) is 12.7. The predicted octanol–water partition coefficient (Wildman–Crippen LogP) is 5.57. The maximum Gasteiger partial charge on any atom is 0.416 e. The summed E-state index contributed by atoms with van der Waals surface area (Å²) in [7, 11) is 0. The van der Waals surface area contributed by atoms with Gasteiger partial charge in [0.1, 0.15) is 23.1 Å². The van der Waals surface area contributed by atoms with E-state index in [0.29, 0.717) is 11.4 Å². The van der Waals surface area contributed by atoms with E-state index in [2.05, 4.69) is 20.6 Å². The van der Waals surface area contributed by atoms with Crippen LogP contribution in [0.15, 0.2) is 48.5 Å². The van der Waals surface area contributed by atoms with Crippen molar-refractivity contribution in [1.29, 1.82) is 0 Å². The molecule has 3 aromatic rings. The van der Waals surface area contributed by atoms with Gasteiger partial charge in [-0.2, -0.15) is 18.2 Å². The van der Waals surface area contributed by atoms with Crippen molar-refractivity contribution in [2.75, 3.05) is 10.6 Å². The fraction of sp³-hybridized carbons (Fsp3) is 0.111. The third kappa shape index (κ3) is 4.49. The van der Waals surface area contributed by atoms with Crippen molar-refractivity contribution in [3.63, 3.8) is 0 Å². The first kappa shape index (κ1) is 18.6. The highest BCUT2D eigenvalue weighted by Gasteiger charge is 2.29. The summed E-state index contributed by atoms with van der Waals surface area (Å²) >= 11 is 0. The van der Waals surface area contributed by atoms with Crippen LogP contribution in [0.25, 0.3) is 0 Å². The largest absolute Gasteiger partial charge is 0.416 e. The van der Waals surface area contributed by atoms with Gasteiger partial charge in [-0.25, -0.2) is 13.8 Å². The van der Waals surface area contributed by atoms with Crippen molar-refractivity contribution in [1.82, 2.24) is 9.97 Å². The molecule has 27 heavy (non-hydrogen) atoms. The number of benzene rings is 2. The summed E-state index contributed by atoms with van der Waals surface area (Å²) in [5.74, 6) is -1.39. The number of alkyl halides is 3. The second kappa shape index (κ2) is 7.18. The first-order valence-electron chi connectivity index (χ1n) is 7.73. The monoisotopic (exact) mass is 380 g/mol. The molecule has 0 radical (unpaired) electrons. The minimum Gasteiger partial charge on any atom is -0.335 e. The molecule has 9 heteroatoms. The number of para-hydroxylation sites is 1. The Kier molecular flexibility index (Phi) is 4.93. The van der Waals surface area contributed by atoms with Gasteiger partial charge in [-0.3, -0.25) is 0 Å². The Morgan fingerprint density at radius 2 is 1.48 bits per heavy atom. The van der Waals surface area contributed by atoms with Crippen LogP contribution in [0.5, 0.6) is 0 Å². The van der Waals surface area contributed by atoms with Gasteiger partial charge in [0.25, 0.3) is 0 Å². The molecule has 0 atom stereocenters. The van der Waals surface area contributed by atoms with Crippen LogP contribution in [-0.4, -0.2) is 9.97 Å². The summed E-state index contributed by atoms with van der Waals surface area (Å²) in [5, 5.41) is 5.31. The molecule has 0 bridgehead atoms. The van der Waals surface area contributed by atoms with Crippen LogP contribution in [0, 0.1) is 18.6 Å². The van der Waals surface area contributed by atoms with E-state index in [1.165, 1.54) is 24.3 Å². The summed E-state index contributed by atoms with van der Waals surface area (Å²) in [6.07, 6.45) is -4.43. The molecule has 0 saturated heterocycles. The summed E-state index contributed by atoms with van der Waals surface area (Å²) in [5.41, 5.74) is -0.332. The number of aromatic nitrogens is 2. The fourth-order valence-corrected chi connectivity index (χ4v) is 2.31. The molecule has 3 rings (SSSR count). The van der Waals surface area contributed by atoms with Crippen LogP contribution in [0.2, 0.25) is 0 Å². The minimum atomic E-state index is -4.43. The number of hydrogen-bond acceptors (Lipinski definition) is 4. The topological polar surface area (TPSA) is 49.8 Å². The van der Waals surface area contributed by atoms with Gasteiger partial charge in [-0.15, -0.1) is 0 Å². The molecule has 0 saturated carbocycles. The molecule has 0 spiro atoms. The standard InChI is InChI=1S/C18H13F5N4/c1-10-9-15(26-16-13(19)3-2-4-14(16)20)27-17(24-10)25-12-7-5-11(6-8-12)18(21,22)23/h2-9H,1H3,(H2,24,25,26,27). The molecule has 0 aliphatic rings. The molecule has 0 unspecified atom stereocenters. The van der Waals surface area contributed by atoms with Crippen LogP contribution < -0.4 is 10.6 Å². The zero-order valence-electron chi connectivity index (χ0n) is 13.9. The molecule has 4 nitrogen and oxygen atoms in total. The molecular weight excluding hydrogens is 367 g/mol. The van der Waals surface area contributed by atoms with Gasteiger partial charge in [0.2, 0.25) is 5.95 Å². The number of anilines is 4. The van der Waals surface area contributed by atoms with E-state index >= 15 is 0 Å². The highest BCUT2D eigenvalue weighted by molar-refractivity contribution is 5.61. The van der Waals surface area contributed by atoms with Gasteiger partial charge in [0, 0.05) is 17.4 Å². The van der Waals surface area contributed by atoms with Crippen LogP contribution >= 0.6 is 0 Å². The van der Waals surface area contributed by atoms with E-state index < -0.39 is 23.4 Å². The summed E-state index contributed by atoms with van der Waals surface area (Å²) in [6.45, 7) is 1.64. The van der Waals surface area contributed by atoms with Gasteiger partial charge >= 0.3 is 6.18 Å². The van der Waals surface area contributed by atoms with E-state index in [-0.39, 0.29) is 17.5 Å². The van der Waals surface area contributed by atoms with Crippen LogP contribution in [0.1, 0.15) is 11.3 Å². The van der Waals surface area contributed by atoms with Gasteiger partial charge in [0.05, 0.1) is 5.56 Å². The van der Waals surface area contributed by atoms with E-state index in [0.717, 1.165) is 24.3 Å². The molecule has 2 N–H and O–H groups in total. The van der Waals surface area contributed by atoms with Crippen molar-refractivity contribution >= 4 is 23.1 Å². The fourth-order valence-electron chi connectivity index (χ4n) is 2.31. The molecule has 0 amide bonds. The maximum atomic E-state index is 13.8. The smallest absolute Gasteiger partial charge is 0.335 e. The number of hydrogen-bond donors (Lipinski definition) is 2. The number of rotatable bonds is 4. The highest BCUT2D eigenvalue weighted by Crippen LogP contribution is 2.30. The minimum absolute atomic E-state index is 0.0639. The van der Waals surface area contributed by atoms with E-state index in [1.54, 1.807) is 6.92 Å². The van der Waals surface area contributed by atoms with Crippen LogP contribution in [0.3, 0.4) is 0 Å². The van der Waals surface area contributed by atoms with Gasteiger partial charge < -0.3 is 10.6 Å². The number of aryl methyl sites for hydroxylation is 1. The van der Waals surface area contributed by atoms with E-state index in [4.69, 9.17) is 0 Å². The Balaban J connectivity index is 1.83. The van der Waals surface area contributed by atoms with Gasteiger partial charge in [-0.05, 0) is 43.3 Å². The third-order valence-electron chi connectivity index (χ3n) is 3.54. The number of nitrogens with one attached hydrogen (secondary N) is 2. The summed E-state index contributed by atoms with van der Waals surface area (Å²) < 4.78 is 65.4. The zero-order valence-corrected chi connectivity index (χ0v) is 13.9. The predicted molar refractivity (Wildman–Crippen MR) is 91.1 cm³/mol. The number of nitrogens with zero attached hydrogens (tertiary/aromatic N) is 2. The van der Waals surface area contributed by atoms with Crippen molar-refractivity contribution in [3.05, 3.63) is 71.4 Å². The van der Waals surface area contributed by atoms with E-state index in [1.807, 2.05) is 0 Å². The molecular formula is C18H13F5N4. The third-order valence-corrected chi connectivity index (χ3v) is 3.54. The lowest BCUT2D eigenvalue weighted by Gasteiger charge is -2.12. The molecule has 140 valence electrons. The summed E-state index contributed by atoms with van der Waals surface area (Å²) in [6, 6.07) is 9.22. The Bertz CT molecular complexity index is 935. The average molecular weight is 380 g/mol. The average Bonchev–Trinajstić information content (AvgIpc) is 2.57. The lowest BCUT2D eigenvalue weighted by molar-refractivity contribution is -0.137. The Labute approximate surface area is 151 Å². The molecule has 2 aromatic carbocycles. The van der Waals surface area contributed by atoms with Crippen molar-refractivity contribution in [2.45, 2.75) is 13.1 Å². The second-order valence-electron chi connectivity index (χ2n) is 5.64. The quantitative estimate of drug-likeness (QED) is 0.581. The highest BCUT2D eigenvalue weighted by atomic mass is 19.4. The Morgan fingerprint density at radius 1 is 0.852 bits per heavy atom. The maximum absolute atomic E-state index is 13.8. The first-order valence-corrected chi connectivity index (χ1v) is 7.73. The molecule has 1 heterocycles. The van der Waals surface area contributed by atoms with Crippen LogP contribution in [0.4, 0.5) is 45.1 Å². The van der Waals surface area contributed by atoms with Gasteiger partial charge in [-0.1, -0.05) is 6.07 Å². The lowest BCUT2D eigenvalue weighted by atomic mass is 10.2. The molecule has 0 fully saturated rings. The Morgan fingerprint density at radius 3 is 2.07 bits per heavy atom. The Hall–Kier alpha value is -3.23. The van der Waals surface area contributed by atoms with Crippen LogP contribution in [-0.2, 0) is 6.18 Å². The normalized spacial score (nSPS) is 11.3. The van der Waals surface area contributed by atoms with E-state index in [9.17, 15) is 22.0 Å². The van der Waals surface area contributed by atoms with Crippen molar-refractivity contribution in [3.8, 4) is 0 Å². The second-order valence-corrected chi connectivity index (χ2v) is 5.64. The molecule has 0 aliphatic heterocycles. The molecule has 0 aliphatic carbocycles. The van der Waals surface area contributed by atoms with Crippen molar-refractivity contribution < 1.29 is 22.0 Å². The summed E-state index contributed by atoms with van der Waals surface area (Å²) in [4.78, 5) is 8.20.